The monoisotopic (exact) mass is 375 g/mol. The van der Waals surface area contributed by atoms with Crippen LogP contribution in [0, 0.1) is 0 Å². The second-order valence-electron chi connectivity index (χ2n) is 6.03. The topological polar surface area (TPSA) is 159 Å². The molecule has 4 heterocycles. The zero-order valence-electron chi connectivity index (χ0n) is 14.2. The van der Waals surface area contributed by atoms with E-state index in [0.717, 1.165) is 0 Å². The molecule has 142 valence electrons. The third-order valence-corrected chi connectivity index (χ3v) is 4.30. The third kappa shape index (κ3) is 2.81. The number of esters is 1. The number of nitrogen functional groups attached to an aromatic ring is 1. The molecule has 11 nitrogen and oxygen atoms in total. The van der Waals surface area contributed by atoms with E-state index < -0.39 is 37.1 Å². The lowest BCUT2D eigenvalue weighted by Crippen LogP contribution is -2.36. The van der Waals surface area contributed by atoms with Gasteiger partial charge in [0.1, 0.15) is 18.5 Å². The smallest absolute Gasteiger partial charge is 0.303 e. The third-order valence-electron chi connectivity index (χ3n) is 4.30. The summed E-state index contributed by atoms with van der Waals surface area (Å²) in [5, 5.41) is 19.9. The first-order chi connectivity index (χ1) is 13.0. The predicted octanol–water partition coefficient (Wildman–Crippen LogP) is -0.149. The van der Waals surface area contributed by atoms with E-state index in [0.29, 0.717) is 22.7 Å². The minimum Gasteiger partial charge on any atom is -0.461 e. The Hall–Kier alpha value is -3.02. The van der Waals surface area contributed by atoms with E-state index in [1.807, 2.05) is 0 Å². The van der Waals surface area contributed by atoms with Crippen molar-refractivity contribution in [2.75, 3.05) is 12.3 Å². The lowest BCUT2D eigenvalue weighted by atomic mass is 10.1. The quantitative estimate of drug-likeness (QED) is 0.523. The predicted molar refractivity (Wildman–Crippen MR) is 90.0 cm³/mol. The summed E-state index contributed by atoms with van der Waals surface area (Å²) in [6.07, 6.45) is -1.58. The molecule has 0 aromatic carbocycles. The lowest BCUT2D eigenvalue weighted by Gasteiger charge is -2.22. The molecule has 4 rings (SSSR count). The highest BCUT2D eigenvalue weighted by Crippen LogP contribution is 2.38. The molecule has 4 N–H and O–H groups in total. The molecule has 27 heavy (non-hydrogen) atoms. The molecule has 1 saturated heterocycles. The average Bonchev–Trinajstić information content (AvgIpc) is 3.34. The molecule has 3 aromatic rings. The maximum atomic E-state index is 11.5. The normalized spacial score (nSPS) is 25.1. The van der Waals surface area contributed by atoms with Crippen molar-refractivity contribution in [1.29, 1.82) is 0 Å². The van der Waals surface area contributed by atoms with Crippen molar-refractivity contribution in [3.8, 4) is 11.6 Å². The van der Waals surface area contributed by atoms with Crippen LogP contribution in [0.25, 0.3) is 22.7 Å². The van der Waals surface area contributed by atoms with Gasteiger partial charge in [-0.3, -0.25) is 9.36 Å². The number of rotatable bonds is 4. The minimum absolute atomic E-state index is 0.146. The molecule has 11 heteroatoms. The van der Waals surface area contributed by atoms with Crippen LogP contribution in [0.1, 0.15) is 13.2 Å². The first-order valence-corrected chi connectivity index (χ1v) is 8.15. The van der Waals surface area contributed by atoms with Crippen LogP contribution in [-0.4, -0.2) is 60.6 Å². The van der Waals surface area contributed by atoms with Gasteiger partial charge in [0, 0.05) is 6.92 Å². The van der Waals surface area contributed by atoms with Gasteiger partial charge < -0.3 is 29.8 Å². The number of fused-ring (bicyclic) bond motifs is 1. The summed E-state index contributed by atoms with van der Waals surface area (Å²) in [5.74, 6) is 0.229. The summed E-state index contributed by atoms with van der Waals surface area (Å²) in [6.45, 7) is 0.755. The number of aromatic nitrogens is 4. The maximum absolute atomic E-state index is 11.5. The van der Waals surface area contributed by atoms with E-state index >= 15 is 0 Å². The Morgan fingerprint density at radius 3 is 2.93 bits per heavy atom. The van der Waals surface area contributed by atoms with Crippen molar-refractivity contribution in [3.63, 3.8) is 0 Å². The van der Waals surface area contributed by atoms with E-state index in [2.05, 4.69) is 15.0 Å². The Labute approximate surface area is 152 Å². The van der Waals surface area contributed by atoms with E-state index in [-0.39, 0.29) is 5.82 Å². The van der Waals surface area contributed by atoms with Crippen LogP contribution in [0.5, 0.6) is 0 Å². The van der Waals surface area contributed by atoms with Crippen LogP contribution in [0.15, 0.2) is 29.1 Å². The number of hydrogen-bond acceptors (Lipinski definition) is 10. The summed E-state index contributed by atoms with van der Waals surface area (Å²) < 4.78 is 18.0. The number of furan rings is 1. The summed E-state index contributed by atoms with van der Waals surface area (Å²) in [5.41, 5.74) is 6.52. The zero-order valence-corrected chi connectivity index (χ0v) is 14.2. The fraction of sp³-hybridized carbons (Fsp3) is 0.375. The number of carbonyl (C=O) groups excluding carboxylic acids is 1. The van der Waals surface area contributed by atoms with Crippen molar-refractivity contribution in [3.05, 3.63) is 24.7 Å². The number of anilines is 1. The molecule has 0 radical (unpaired) electrons. The van der Waals surface area contributed by atoms with Gasteiger partial charge in [0.05, 0.1) is 12.9 Å². The molecular weight excluding hydrogens is 358 g/mol. The van der Waals surface area contributed by atoms with Crippen molar-refractivity contribution in [2.24, 2.45) is 0 Å². The van der Waals surface area contributed by atoms with E-state index in [4.69, 9.17) is 19.6 Å². The Balaban J connectivity index is 1.92. The number of nitrogens with zero attached hydrogens (tertiary/aromatic N) is 4. The Morgan fingerprint density at radius 2 is 2.26 bits per heavy atom. The number of imidazole rings is 1. The molecule has 0 amide bonds. The van der Waals surface area contributed by atoms with E-state index in [1.165, 1.54) is 24.1 Å². The Morgan fingerprint density at radius 1 is 1.44 bits per heavy atom. The standard InChI is InChI=1S/C16H17N5O6/c1-7(23)26-12-11(24)9(5-22)27-16(12)21-14(8-3-2-4-25-8)20-10-13(17)18-6-19-15(10)21/h2-4,6,9,11-12,16,22,24H,5H2,1H3,(H2,17,18,19)/t9-,11-,12-,16-/m1/s1. The molecule has 0 bridgehead atoms. The number of hydrogen-bond donors (Lipinski definition) is 3. The lowest BCUT2D eigenvalue weighted by molar-refractivity contribution is -0.155. The van der Waals surface area contributed by atoms with Gasteiger partial charge in [-0.2, -0.15) is 0 Å². The molecule has 0 aliphatic carbocycles. The summed E-state index contributed by atoms with van der Waals surface area (Å²) in [7, 11) is 0. The number of nitrogens with two attached hydrogens (primary N) is 1. The molecule has 0 unspecified atom stereocenters. The highest BCUT2D eigenvalue weighted by molar-refractivity contribution is 5.84. The first kappa shape index (κ1) is 17.4. The second kappa shape index (κ2) is 6.61. The Kier molecular flexibility index (Phi) is 4.26. The van der Waals surface area contributed by atoms with Gasteiger partial charge in [-0.1, -0.05) is 0 Å². The van der Waals surface area contributed by atoms with Crippen molar-refractivity contribution in [2.45, 2.75) is 31.5 Å². The van der Waals surface area contributed by atoms with Crippen LogP contribution in [0.4, 0.5) is 5.82 Å². The van der Waals surface area contributed by atoms with Crippen LogP contribution in [-0.2, 0) is 14.3 Å². The molecule has 1 aliphatic heterocycles. The molecule has 4 atom stereocenters. The van der Waals surface area contributed by atoms with Gasteiger partial charge >= 0.3 is 5.97 Å². The van der Waals surface area contributed by atoms with Crippen LogP contribution >= 0.6 is 0 Å². The number of ether oxygens (including phenoxy) is 2. The average molecular weight is 375 g/mol. The minimum atomic E-state index is -1.25. The van der Waals surface area contributed by atoms with Crippen molar-refractivity contribution >= 4 is 23.0 Å². The summed E-state index contributed by atoms with van der Waals surface area (Å²) in [6, 6.07) is 3.36. The highest BCUT2D eigenvalue weighted by Gasteiger charge is 2.48. The fourth-order valence-corrected chi connectivity index (χ4v) is 3.14. The van der Waals surface area contributed by atoms with Gasteiger partial charge in [0.2, 0.25) is 0 Å². The van der Waals surface area contributed by atoms with E-state index in [1.54, 1.807) is 12.1 Å². The fourth-order valence-electron chi connectivity index (χ4n) is 3.14. The maximum Gasteiger partial charge on any atom is 0.303 e. The SMILES string of the molecule is CC(=O)O[C@@H]1[C@H](O)[C@@H](CO)O[C@H]1n1c(-c2ccco2)nc2c(N)ncnc21. The van der Waals surface area contributed by atoms with E-state index in [9.17, 15) is 15.0 Å². The number of aliphatic hydroxyl groups is 2. The largest absolute Gasteiger partial charge is 0.461 e. The van der Waals surface area contributed by atoms with Crippen LogP contribution in [0.2, 0.25) is 0 Å². The highest BCUT2D eigenvalue weighted by atomic mass is 16.6. The van der Waals surface area contributed by atoms with Crippen molar-refractivity contribution in [1.82, 2.24) is 19.5 Å². The second-order valence-corrected chi connectivity index (χ2v) is 6.03. The number of carbonyl (C=O) groups is 1. The molecular formula is C16H17N5O6. The summed E-state index contributed by atoms with van der Waals surface area (Å²) in [4.78, 5) is 24.1. The number of aliphatic hydroxyl groups excluding tert-OH is 2. The van der Waals surface area contributed by atoms with Gasteiger partial charge in [-0.15, -0.1) is 0 Å². The molecule has 3 aromatic heterocycles. The van der Waals surface area contributed by atoms with Gasteiger partial charge in [-0.05, 0) is 12.1 Å². The molecule has 1 fully saturated rings. The first-order valence-electron chi connectivity index (χ1n) is 8.15. The zero-order chi connectivity index (χ0) is 19.1. The summed E-state index contributed by atoms with van der Waals surface area (Å²) >= 11 is 0. The molecule has 0 spiro atoms. The van der Waals surface area contributed by atoms with Gasteiger partial charge in [0.15, 0.2) is 40.9 Å². The van der Waals surface area contributed by atoms with Gasteiger partial charge in [0.25, 0.3) is 0 Å². The van der Waals surface area contributed by atoms with Crippen LogP contribution in [0.3, 0.4) is 0 Å². The van der Waals surface area contributed by atoms with Gasteiger partial charge in [-0.25, -0.2) is 15.0 Å². The Bertz CT molecular complexity index is 971. The molecule has 1 aliphatic rings. The van der Waals surface area contributed by atoms with Crippen LogP contribution < -0.4 is 5.73 Å². The van der Waals surface area contributed by atoms with Crippen molar-refractivity contribution < 1.29 is 28.9 Å². The molecule has 0 saturated carbocycles.